The first kappa shape index (κ1) is 30.5. The van der Waals surface area contributed by atoms with Crippen molar-refractivity contribution < 1.29 is 28.6 Å². The molecule has 2 rings (SSSR count). The van der Waals surface area contributed by atoms with Gasteiger partial charge in [-0.05, 0) is 72.9 Å². The SMILES string of the molecule is CCOC(=O)c1cnc2ccccc2c1C(N)CCC(N=C(N)N)(C(=O)OC(C)(C)C)C(=O)OC(C)(C)C. The molecule has 0 saturated carbocycles. The molecular formula is C27H39N5O6. The van der Waals surface area contributed by atoms with Gasteiger partial charge in [0.25, 0.3) is 5.54 Å². The lowest BCUT2D eigenvalue weighted by atomic mass is 9.87. The smallest absolute Gasteiger partial charge is 0.346 e. The average Bonchev–Trinajstić information content (AvgIpc) is 2.78. The second-order valence-electron chi connectivity index (χ2n) is 10.9. The Morgan fingerprint density at radius 1 is 0.974 bits per heavy atom. The van der Waals surface area contributed by atoms with Gasteiger partial charge < -0.3 is 31.4 Å². The first-order chi connectivity index (χ1) is 17.5. The lowest BCUT2D eigenvalue weighted by Gasteiger charge is -2.33. The Bertz CT molecular complexity index is 1180. The number of pyridine rings is 1. The standard InChI is InChI=1S/C27H39N5O6/c1-8-36-21(33)17-15-31-19-12-10-9-11-16(19)20(17)18(28)13-14-27(32-24(29)30,22(34)37-25(2,3)4)23(35)38-26(5,6)7/h9-12,15,18H,8,13-14,28H2,1-7H3,(H4,29,30,32). The molecule has 6 N–H and O–H groups in total. The zero-order valence-corrected chi connectivity index (χ0v) is 23.2. The second kappa shape index (κ2) is 11.8. The van der Waals surface area contributed by atoms with Crippen LogP contribution >= 0.6 is 0 Å². The minimum atomic E-state index is -2.23. The Kier molecular flexibility index (Phi) is 9.44. The summed E-state index contributed by atoms with van der Waals surface area (Å²) >= 11 is 0. The molecule has 0 amide bonds. The van der Waals surface area contributed by atoms with Gasteiger partial charge in [-0.15, -0.1) is 0 Å². The third-order valence-corrected chi connectivity index (χ3v) is 5.29. The maximum atomic E-state index is 13.5. The van der Waals surface area contributed by atoms with Crippen LogP contribution in [0.1, 0.15) is 83.3 Å². The van der Waals surface area contributed by atoms with Gasteiger partial charge in [0, 0.05) is 17.6 Å². The predicted octanol–water partition coefficient (Wildman–Crippen LogP) is 2.89. The molecule has 0 spiro atoms. The van der Waals surface area contributed by atoms with E-state index in [2.05, 4.69) is 9.98 Å². The van der Waals surface area contributed by atoms with Crippen molar-refractivity contribution in [2.24, 2.45) is 22.2 Å². The molecule has 0 saturated heterocycles. The van der Waals surface area contributed by atoms with Crippen LogP contribution in [0.2, 0.25) is 0 Å². The number of rotatable bonds is 9. The molecule has 1 atom stereocenters. The number of para-hydroxylation sites is 1. The average molecular weight is 530 g/mol. The van der Waals surface area contributed by atoms with Gasteiger partial charge in [-0.1, -0.05) is 18.2 Å². The number of esters is 3. The molecule has 2 aromatic rings. The third-order valence-electron chi connectivity index (χ3n) is 5.29. The number of benzene rings is 1. The van der Waals surface area contributed by atoms with E-state index in [4.69, 9.17) is 31.4 Å². The van der Waals surface area contributed by atoms with Crippen LogP contribution in [-0.4, -0.2) is 52.2 Å². The fourth-order valence-corrected chi connectivity index (χ4v) is 3.82. The fourth-order valence-electron chi connectivity index (χ4n) is 3.82. The van der Waals surface area contributed by atoms with E-state index in [9.17, 15) is 14.4 Å². The van der Waals surface area contributed by atoms with Gasteiger partial charge in [-0.2, -0.15) is 0 Å². The number of fused-ring (bicyclic) bond motifs is 1. The molecule has 1 aromatic carbocycles. The molecule has 208 valence electrons. The van der Waals surface area contributed by atoms with Crippen LogP contribution in [0.25, 0.3) is 10.9 Å². The molecule has 0 radical (unpaired) electrons. The Morgan fingerprint density at radius 2 is 1.53 bits per heavy atom. The zero-order chi connectivity index (χ0) is 28.9. The maximum absolute atomic E-state index is 13.5. The minimum absolute atomic E-state index is 0.00429. The summed E-state index contributed by atoms with van der Waals surface area (Å²) in [7, 11) is 0. The van der Waals surface area contributed by atoms with Crippen molar-refractivity contribution in [3.05, 3.63) is 41.6 Å². The topological polar surface area (TPSA) is 182 Å². The van der Waals surface area contributed by atoms with Gasteiger partial charge in [0.05, 0.1) is 17.7 Å². The zero-order valence-electron chi connectivity index (χ0n) is 23.2. The monoisotopic (exact) mass is 529 g/mol. The van der Waals surface area contributed by atoms with Gasteiger partial charge in [0.2, 0.25) is 0 Å². The number of carbonyl (C=O) groups is 3. The van der Waals surface area contributed by atoms with Crippen molar-refractivity contribution in [2.75, 3.05) is 6.61 Å². The van der Waals surface area contributed by atoms with E-state index < -0.39 is 46.7 Å². The molecule has 0 aliphatic heterocycles. The van der Waals surface area contributed by atoms with Crippen molar-refractivity contribution in [3.8, 4) is 0 Å². The Labute approximate surface area is 223 Å². The second-order valence-corrected chi connectivity index (χ2v) is 10.9. The van der Waals surface area contributed by atoms with E-state index in [1.807, 2.05) is 6.07 Å². The molecule has 0 aliphatic rings. The van der Waals surface area contributed by atoms with E-state index in [0.717, 1.165) is 0 Å². The number of nitrogens with two attached hydrogens (primary N) is 3. The summed E-state index contributed by atoms with van der Waals surface area (Å²) in [6.07, 6.45) is 1.13. The molecular weight excluding hydrogens is 490 g/mol. The number of ether oxygens (including phenoxy) is 3. The number of hydrogen-bond donors (Lipinski definition) is 3. The first-order valence-electron chi connectivity index (χ1n) is 12.4. The largest absolute Gasteiger partial charge is 0.462 e. The van der Waals surface area contributed by atoms with Crippen molar-refractivity contribution in [2.45, 2.75) is 84.1 Å². The number of hydrogen-bond acceptors (Lipinski definition) is 9. The Hall–Kier alpha value is -3.73. The van der Waals surface area contributed by atoms with Crippen LogP contribution in [0.15, 0.2) is 35.5 Å². The minimum Gasteiger partial charge on any atom is -0.462 e. The number of guanidine groups is 1. The summed E-state index contributed by atoms with van der Waals surface area (Å²) in [5, 5.41) is 0.632. The van der Waals surface area contributed by atoms with Crippen LogP contribution in [0.3, 0.4) is 0 Å². The van der Waals surface area contributed by atoms with Gasteiger partial charge in [0.15, 0.2) is 5.96 Å². The summed E-state index contributed by atoms with van der Waals surface area (Å²) in [6, 6.07) is 6.32. The Balaban J connectivity index is 2.63. The van der Waals surface area contributed by atoms with E-state index in [0.29, 0.717) is 16.5 Å². The lowest BCUT2D eigenvalue weighted by Crippen LogP contribution is -2.53. The van der Waals surface area contributed by atoms with Crippen LogP contribution in [-0.2, 0) is 23.8 Å². The Morgan fingerprint density at radius 3 is 2.03 bits per heavy atom. The van der Waals surface area contributed by atoms with Gasteiger partial charge in [-0.25, -0.2) is 19.4 Å². The first-order valence-corrected chi connectivity index (χ1v) is 12.4. The maximum Gasteiger partial charge on any atom is 0.346 e. The van der Waals surface area contributed by atoms with Gasteiger partial charge in [-0.3, -0.25) is 4.98 Å². The number of aliphatic imine (C=N–C) groups is 1. The van der Waals surface area contributed by atoms with Crippen molar-refractivity contribution in [1.29, 1.82) is 0 Å². The molecule has 0 aliphatic carbocycles. The molecule has 0 fully saturated rings. The van der Waals surface area contributed by atoms with Crippen LogP contribution < -0.4 is 17.2 Å². The fraction of sp³-hybridized carbons (Fsp3) is 0.519. The summed E-state index contributed by atoms with van der Waals surface area (Å²) < 4.78 is 16.3. The summed E-state index contributed by atoms with van der Waals surface area (Å²) in [6.45, 7) is 11.8. The molecule has 1 heterocycles. The normalized spacial score (nSPS) is 12.9. The van der Waals surface area contributed by atoms with E-state index >= 15 is 0 Å². The van der Waals surface area contributed by atoms with Crippen LogP contribution in [0, 0.1) is 0 Å². The van der Waals surface area contributed by atoms with Gasteiger partial charge in [0.1, 0.15) is 11.2 Å². The molecule has 11 heteroatoms. The highest BCUT2D eigenvalue weighted by Gasteiger charge is 2.52. The molecule has 1 aromatic heterocycles. The molecule has 11 nitrogen and oxygen atoms in total. The highest BCUT2D eigenvalue weighted by molar-refractivity contribution is 6.07. The molecule has 0 bridgehead atoms. The number of carbonyl (C=O) groups excluding carboxylic acids is 3. The van der Waals surface area contributed by atoms with Crippen LogP contribution in [0.4, 0.5) is 0 Å². The predicted molar refractivity (Wildman–Crippen MR) is 144 cm³/mol. The summed E-state index contributed by atoms with van der Waals surface area (Å²) in [5.74, 6) is -3.06. The summed E-state index contributed by atoms with van der Waals surface area (Å²) in [4.78, 5) is 48.2. The molecule has 1 unspecified atom stereocenters. The summed E-state index contributed by atoms with van der Waals surface area (Å²) in [5.41, 5.74) is 15.1. The van der Waals surface area contributed by atoms with Crippen molar-refractivity contribution >= 4 is 34.8 Å². The highest BCUT2D eigenvalue weighted by atomic mass is 16.6. The highest BCUT2D eigenvalue weighted by Crippen LogP contribution is 2.34. The lowest BCUT2D eigenvalue weighted by molar-refractivity contribution is -0.177. The van der Waals surface area contributed by atoms with E-state index in [1.165, 1.54) is 6.20 Å². The van der Waals surface area contributed by atoms with Crippen molar-refractivity contribution in [3.63, 3.8) is 0 Å². The van der Waals surface area contributed by atoms with Crippen molar-refractivity contribution in [1.82, 2.24) is 4.98 Å². The number of nitrogens with zero attached hydrogens (tertiary/aromatic N) is 2. The number of aromatic nitrogens is 1. The quantitative estimate of drug-likeness (QED) is 0.143. The molecule has 38 heavy (non-hydrogen) atoms. The third kappa shape index (κ3) is 7.64. The van der Waals surface area contributed by atoms with Crippen LogP contribution in [0.5, 0.6) is 0 Å². The van der Waals surface area contributed by atoms with E-state index in [1.54, 1.807) is 66.7 Å². The van der Waals surface area contributed by atoms with Gasteiger partial charge >= 0.3 is 17.9 Å². The van der Waals surface area contributed by atoms with E-state index in [-0.39, 0.29) is 25.0 Å².